The normalized spacial score (nSPS) is 16.3. The molecule has 3 aromatic rings. The van der Waals surface area contributed by atoms with Gasteiger partial charge in [-0.15, -0.1) is 11.3 Å². The van der Waals surface area contributed by atoms with Gasteiger partial charge < -0.3 is 4.74 Å². The van der Waals surface area contributed by atoms with Crippen LogP contribution in [0.15, 0.2) is 61.2 Å². The summed E-state index contributed by atoms with van der Waals surface area (Å²) in [4.78, 5) is 32.6. The predicted molar refractivity (Wildman–Crippen MR) is 133 cm³/mol. The van der Waals surface area contributed by atoms with Gasteiger partial charge in [-0.2, -0.15) is 0 Å². The van der Waals surface area contributed by atoms with E-state index < -0.39 is 12.0 Å². The van der Waals surface area contributed by atoms with Gasteiger partial charge in [-0.05, 0) is 65.0 Å². The maximum absolute atomic E-state index is 13.5. The minimum atomic E-state index is -0.580. The fourth-order valence-corrected chi connectivity index (χ4v) is 6.18. The topological polar surface area (TPSA) is 60.7 Å². The highest BCUT2D eigenvalue weighted by Crippen LogP contribution is 2.31. The molecule has 0 saturated heterocycles. The van der Waals surface area contributed by atoms with E-state index in [4.69, 9.17) is 4.74 Å². The molecule has 3 heterocycles. The fourth-order valence-electron chi connectivity index (χ4n) is 3.71. The Morgan fingerprint density at radius 3 is 2.53 bits per heavy atom. The largest absolute Gasteiger partial charge is 0.463 e. The van der Waals surface area contributed by atoms with Crippen LogP contribution in [0.5, 0.6) is 0 Å². The van der Waals surface area contributed by atoms with Crippen LogP contribution in [-0.2, 0) is 9.53 Å². The number of thiazole rings is 1. The molecule has 0 N–H and O–H groups in total. The van der Waals surface area contributed by atoms with E-state index in [0.29, 0.717) is 26.5 Å². The van der Waals surface area contributed by atoms with Gasteiger partial charge in [0.05, 0.1) is 32.2 Å². The molecule has 1 aromatic carbocycles. The van der Waals surface area contributed by atoms with Gasteiger partial charge in [-0.25, -0.2) is 9.79 Å². The maximum atomic E-state index is 13.5. The van der Waals surface area contributed by atoms with Gasteiger partial charge in [0.25, 0.3) is 5.56 Å². The van der Waals surface area contributed by atoms with Gasteiger partial charge in [0.2, 0.25) is 0 Å². The second-order valence-corrected chi connectivity index (χ2v) is 11.3. The van der Waals surface area contributed by atoms with Crippen molar-refractivity contribution in [2.45, 2.75) is 39.7 Å². The molecule has 1 aliphatic heterocycles. The van der Waals surface area contributed by atoms with Crippen molar-refractivity contribution in [1.29, 1.82) is 0 Å². The molecule has 0 amide bonds. The maximum Gasteiger partial charge on any atom is 0.338 e. The molecule has 0 saturated carbocycles. The van der Waals surface area contributed by atoms with Crippen molar-refractivity contribution in [3.8, 4) is 0 Å². The van der Waals surface area contributed by atoms with Crippen LogP contribution in [0.1, 0.15) is 55.7 Å². The van der Waals surface area contributed by atoms with E-state index in [1.54, 1.807) is 29.8 Å². The van der Waals surface area contributed by atoms with E-state index in [9.17, 15) is 9.59 Å². The van der Waals surface area contributed by atoms with Crippen molar-refractivity contribution in [2.24, 2.45) is 4.99 Å². The number of fused-ring (bicyclic) bond motifs is 1. The first-order chi connectivity index (χ1) is 15.3. The first-order valence-corrected chi connectivity index (χ1v) is 12.8. The van der Waals surface area contributed by atoms with E-state index in [1.165, 1.54) is 16.9 Å². The molecule has 32 heavy (non-hydrogen) atoms. The molecular weight excluding hydrogens is 508 g/mol. The Labute approximate surface area is 202 Å². The third kappa shape index (κ3) is 4.31. The number of rotatable bonds is 5. The average Bonchev–Trinajstić information content (AvgIpc) is 3.30. The van der Waals surface area contributed by atoms with Gasteiger partial charge in [-0.3, -0.25) is 9.36 Å². The highest BCUT2D eigenvalue weighted by Gasteiger charge is 2.33. The SMILES string of the molecule is CCOC(=O)C1=C(C)N=c2sc(=Cc3ccc(Br)s3)c(=O)n2C1c1ccc(C(C)C)cc1. The molecule has 0 spiro atoms. The van der Waals surface area contributed by atoms with Crippen LogP contribution >= 0.6 is 38.6 Å². The Balaban J connectivity index is 1.93. The number of carbonyl (C=O) groups is 1. The molecule has 1 aliphatic rings. The number of ether oxygens (including phenoxy) is 1. The fraction of sp³-hybridized carbons (Fsp3) is 0.292. The number of nitrogens with zero attached hydrogens (tertiary/aromatic N) is 2. The van der Waals surface area contributed by atoms with Gasteiger partial charge in [-0.1, -0.05) is 49.4 Å². The van der Waals surface area contributed by atoms with Crippen molar-refractivity contribution in [1.82, 2.24) is 4.57 Å². The smallest absolute Gasteiger partial charge is 0.338 e. The molecule has 0 fully saturated rings. The zero-order valence-corrected chi connectivity index (χ0v) is 21.4. The molecule has 166 valence electrons. The van der Waals surface area contributed by atoms with Gasteiger partial charge in [0, 0.05) is 4.88 Å². The van der Waals surface area contributed by atoms with Crippen LogP contribution < -0.4 is 14.9 Å². The Morgan fingerprint density at radius 2 is 1.94 bits per heavy atom. The molecule has 1 atom stereocenters. The first kappa shape index (κ1) is 22.9. The molecule has 1 unspecified atom stereocenters. The van der Waals surface area contributed by atoms with E-state index in [0.717, 1.165) is 14.2 Å². The molecule has 5 nitrogen and oxygen atoms in total. The predicted octanol–water partition coefficient (Wildman–Crippen LogP) is 4.75. The molecule has 2 aromatic heterocycles. The quantitative estimate of drug-likeness (QED) is 0.447. The Kier molecular flexibility index (Phi) is 6.65. The number of thiophene rings is 1. The third-order valence-corrected chi connectivity index (χ3v) is 7.86. The minimum absolute atomic E-state index is 0.162. The van der Waals surface area contributed by atoms with Gasteiger partial charge >= 0.3 is 5.97 Å². The zero-order chi connectivity index (χ0) is 23.0. The summed E-state index contributed by atoms with van der Waals surface area (Å²) in [5, 5.41) is 0. The Morgan fingerprint density at radius 1 is 1.22 bits per heavy atom. The minimum Gasteiger partial charge on any atom is -0.463 e. The first-order valence-electron chi connectivity index (χ1n) is 10.3. The standard InChI is InChI=1S/C24H23BrN2O3S2/c1-5-30-23(29)20-14(4)26-24-27(21(20)16-8-6-15(7-9-16)13(2)3)22(28)18(32-24)12-17-10-11-19(25)31-17/h6-13,21H,5H2,1-4H3. The van der Waals surface area contributed by atoms with Crippen molar-refractivity contribution in [2.75, 3.05) is 6.61 Å². The van der Waals surface area contributed by atoms with Crippen LogP contribution in [0.4, 0.5) is 0 Å². The Hall–Kier alpha value is -2.29. The van der Waals surface area contributed by atoms with Crippen molar-refractivity contribution >= 4 is 50.6 Å². The zero-order valence-electron chi connectivity index (χ0n) is 18.2. The number of halogens is 1. The lowest BCUT2D eigenvalue weighted by Crippen LogP contribution is -2.39. The number of esters is 1. The molecule has 0 aliphatic carbocycles. The van der Waals surface area contributed by atoms with Crippen LogP contribution in [0, 0.1) is 0 Å². The lowest BCUT2D eigenvalue weighted by atomic mass is 9.93. The lowest BCUT2D eigenvalue weighted by molar-refractivity contribution is -0.139. The second kappa shape index (κ2) is 9.29. The third-order valence-electron chi connectivity index (χ3n) is 5.30. The summed E-state index contributed by atoms with van der Waals surface area (Å²) in [6, 6.07) is 11.4. The van der Waals surface area contributed by atoms with Crippen molar-refractivity contribution in [3.63, 3.8) is 0 Å². The molecule has 0 bridgehead atoms. The molecule has 0 radical (unpaired) electrons. The number of hydrogen-bond donors (Lipinski definition) is 0. The summed E-state index contributed by atoms with van der Waals surface area (Å²) in [5.41, 5.74) is 2.88. The number of benzene rings is 1. The molecular formula is C24H23BrN2O3S2. The number of allylic oxidation sites excluding steroid dienone is 1. The molecule has 8 heteroatoms. The Bertz CT molecular complexity index is 1380. The summed E-state index contributed by atoms with van der Waals surface area (Å²) in [7, 11) is 0. The van der Waals surface area contributed by atoms with Crippen molar-refractivity contribution < 1.29 is 9.53 Å². The lowest BCUT2D eigenvalue weighted by Gasteiger charge is -2.25. The highest BCUT2D eigenvalue weighted by molar-refractivity contribution is 9.11. The average molecular weight is 531 g/mol. The summed E-state index contributed by atoms with van der Waals surface area (Å²) < 4.78 is 8.56. The summed E-state index contributed by atoms with van der Waals surface area (Å²) in [6.07, 6.45) is 1.88. The van der Waals surface area contributed by atoms with E-state index in [-0.39, 0.29) is 12.2 Å². The monoisotopic (exact) mass is 530 g/mol. The number of aromatic nitrogens is 1. The van der Waals surface area contributed by atoms with Crippen LogP contribution in [0.3, 0.4) is 0 Å². The van der Waals surface area contributed by atoms with Gasteiger partial charge in [0.1, 0.15) is 0 Å². The van der Waals surface area contributed by atoms with E-state index in [1.807, 2.05) is 30.3 Å². The number of hydrogen-bond acceptors (Lipinski definition) is 6. The summed E-state index contributed by atoms with van der Waals surface area (Å²) in [5.74, 6) is -0.0545. The highest BCUT2D eigenvalue weighted by atomic mass is 79.9. The van der Waals surface area contributed by atoms with Crippen LogP contribution in [0.2, 0.25) is 0 Å². The van der Waals surface area contributed by atoms with Crippen LogP contribution in [0.25, 0.3) is 6.08 Å². The number of carbonyl (C=O) groups excluding carboxylic acids is 1. The molecule has 4 rings (SSSR count). The van der Waals surface area contributed by atoms with E-state index in [2.05, 4.69) is 46.9 Å². The second-order valence-electron chi connectivity index (χ2n) is 7.77. The van der Waals surface area contributed by atoms with E-state index >= 15 is 0 Å². The summed E-state index contributed by atoms with van der Waals surface area (Å²) in [6.45, 7) is 8.10. The van der Waals surface area contributed by atoms with Gasteiger partial charge in [0.15, 0.2) is 4.80 Å². The van der Waals surface area contributed by atoms with Crippen molar-refractivity contribution in [3.05, 3.63) is 87.1 Å². The summed E-state index contributed by atoms with van der Waals surface area (Å²) >= 11 is 6.36. The van der Waals surface area contributed by atoms with Crippen LogP contribution in [-0.4, -0.2) is 17.1 Å².